The van der Waals surface area contributed by atoms with Crippen molar-refractivity contribution < 1.29 is 27.3 Å². The maximum absolute atomic E-state index is 13.1. The molecule has 8 nitrogen and oxygen atoms in total. The highest BCUT2D eigenvalue weighted by molar-refractivity contribution is 7.59. The van der Waals surface area contributed by atoms with Crippen molar-refractivity contribution in [2.45, 2.75) is 26.1 Å². The van der Waals surface area contributed by atoms with Crippen LogP contribution in [-0.2, 0) is 6.18 Å². The van der Waals surface area contributed by atoms with E-state index < -0.39 is 23.6 Å². The van der Waals surface area contributed by atoms with Crippen LogP contribution in [0, 0.1) is 6.92 Å². The molecule has 1 aliphatic heterocycles. The van der Waals surface area contributed by atoms with Crippen molar-refractivity contribution in [2.24, 2.45) is 0 Å². The molecule has 2 aromatic heterocycles. The third-order valence-electron chi connectivity index (χ3n) is 4.72. The van der Waals surface area contributed by atoms with Crippen LogP contribution in [0.1, 0.15) is 45.3 Å². The van der Waals surface area contributed by atoms with E-state index in [-0.39, 0.29) is 43.2 Å². The fourth-order valence-electron chi connectivity index (χ4n) is 3.27. The van der Waals surface area contributed by atoms with Gasteiger partial charge in [-0.05, 0) is 38.1 Å². The summed E-state index contributed by atoms with van der Waals surface area (Å²) in [4.78, 5) is 26.8. The van der Waals surface area contributed by atoms with Gasteiger partial charge in [0.1, 0.15) is 5.76 Å². The minimum absolute atomic E-state index is 0. The zero-order valence-corrected chi connectivity index (χ0v) is 17.4. The number of amides is 2. The number of halogens is 3. The first-order chi connectivity index (χ1) is 14.1. The van der Waals surface area contributed by atoms with Crippen LogP contribution in [0.25, 0.3) is 0 Å². The number of alkyl halides is 3. The number of carbonyl (C=O) groups is 2. The molecular weight excluding hydrogens is 435 g/mol. The van der Waals surface area contributed by atoms with Crippen molar-refractivity contribution in [3.8, 4) is 0 Å². The summed E-state index contributed by atoms with van der Waals surface area (Å²) in [6, 6.07) is 5.53. The molecule has 0 spiro atoms. The van der Waals surface area contributed by atoms with E-state index in [2.05, 4.69) is 15.6 Å². The van der Waals surface area contributed by atoms with Gasteiger partial charge < -0.3 is 14.7 Å². The van der Waals surface area contributed by atoms with Gasteiger partial charge in [0.2, 0.25) is 0 Å². The molecule has 1 aromatic carbocycles. The Hall–Kier alpha value is -3.28. The second-order valence-electron chi connectivity index (χ2n) is 6.94. The SMILES string of the molecule is Cc1cc(C(=O)Nc2cnn3c2C(=O)N(c2ccc(C(F)(F)F)cc2)C[C@@H]3C)no1.S. The Morgan fingerprint density at radius 3 is 2.52 bits per heavy atom. The van der Waals surface area contributed by atoms with Crippen LogP contribution in [0.4, 0.5) is 24.5 Å². The molecule has 0 saturated carbocycles. The Morgan fingerprint density at radius 1 is 1.26 bits per heavy atom. The summed E-state index contributed by atoms with van der Waals surface area (Å²) in [5.41, 5.74) is -0.138. The van der Waals surface area contributed by atoms with Gasteiger partial charge in [0.25, 0.3) is 11.8 Å². The van der Waals surface area contributed by atoms with Crippen LogP contribution in [0.15, 0.2) is 41.1 Å². The Balaban J connectivity index is 0.00000272. The fraction of sp³-hybridized carbons (Fsp3) is 0.263. The molecule has 0 unspecified atom stereocenters. The average Bonchev–Trinajstić information content (AvgIpc) is 3.31. The Labute approximate surface area is 181 Å². The van der Waals surface area contributed by atoms with Crippen molar-refractivity contribution in [3.05, 3.63) is 59.2 Å². The molecule has 31 heavy (non-hydrogen) atoms. The van der Waals surface area contributed by atoms with Gasteiger partial charge in [0.05, 0.1) is 23.5 Å². The average molecular weight is 453 g/mol. The number of aryl methyl sites for hydroxylation is 1. The highest BCUT2D eigenvalue weighted by Crippen LogP contribution is 2.33. The molecule has 0 saturated heterocycles. The predicted molar refractivity (Wildman–Crippen MR) is 110 cm³/mol. The van der Waals surface area contributed by atoms with E-state index in [9.17, 15) is 22.8 Å². The predicted octanol–water partition coefficient (Wildman–Crippen LogP) is 3.78. The highest BCUT2D eigenvalue weighted by Gasteiger charge is 2.35. The lowest BCUT2D eigenvalue weighted by atomic mass is 10.1. The van der Waals surface area contributed by atoms with E-state index in [0.29, 0.717) is 11.4 Å². The van der Waals surface area contributed by atoms with Gasteiger partial charge in [-0.25, -0.2) is 0 Å². The van der Waals surface area contributed by atoms with Crippen LogP contribution in [0.5, 0.6) is 0 Å². The molecule has 0 radical (unpaired) electrons. The maximum Gasteiger partial charge on any atom is 0.416 e. The minimum atomic E-state index is -4.47. The van der Waals surface area contributed by atoms with E-state index in [4.69, 9.17) is 4.52 Å². The van der Waals surface area contributed by atoms with Gasteiger partial charge in [-0.3, -0.25) is 14.3 Å². The molecule has 1 N–H and O–H groups in total. The van der Waals surface area contributed by atoms with Gasteiger partial charge in [-0.1, -0.05) is 5.16 Å². The van der Waals surface area contributed by atoms with Crippen LogP contribution in [0.2, 0.25) is 0 Å². The van der Waals surface area contributed by atoms with E-state index in [0.717, 1.165) is 12.1 Å². The van der Waals surface area contributed by atoms with Gasteiger partial charge in [-0.15, -0.1) is 0 Å². The molecule has 3 heterocycles. The van der Waals surface area contributed by atoms with Crippen molar-refractivity contribution >= 4 is 36.7 Å². The second kappa shape index (κ2) is 8.10. The molecule has 164 valence electrons. The number of fused-ring (bicyclic) bond motifs is 1. The van der Waals surface area contributed by atoms with Crippen molar-refractivity contribution in [3.63, 3.8) is 0 Å². The van der Waals surface area contributed by atoms with Gasteiger partial charge in [-0.2, -0.15) is 31.8 Å². The molecule has 12 heteroatoms. The van der Waals surface area contributed by atoms with Gasteiger partial charge in [0.15, 0.2) is 11.4 Å². The smallest absolute Gasteiger partial charge is 0.361 e. The second-order valence-corrected chi connectivity index (χ2v) is 6.94. The highest BCUT2D eigenvalue weighted by atomic mass is 32.1. The molecule has 1 atom stereocenters. The fourth-order valence-corrected chi connectivity index (χ4v) is 3.27. The number of hydrogen-bond acceptors (Lipinski definition) is 5. The quantitative estimate of drug-likeness (QED) is 0.652. The van der Waals surface area contributed by atoms with Crippen LogP contribution < -0.4 is 10.2 Å². The summed E-state index contributed by atoms with van der Waals surface area (Å²) in [6.07, 6.45) is -3.11. The normalized spacial score (nSPS) is 16.0. The van der Waals surface area contributed by atoms with Crippen molar-refractivity contribution in [2.75, 3.05) is 16.8 Å². The molecule has 3 aromatic rings. The molecular formula is C19H18F3N5O3S. The lowest BCUT2D eigenvalue weighted by Gasteiger charge is -2.32. The summed E-state index contributed by atoms with van der Waals surface area (Å²) < 4.78 is 44.8. The lowest BCUT2D eigenvalue weighted by Crippen LogP contribution is -2.43. The number of rotatable bonds is 3. The van der Waals surface area contributed by atoms with Crippen LogP contribution >= 0.6 is 13.5 Å². The number of anilines is 2. The zero-order valence-electron chi connectivity index (χ0n) is 16.4. The van der Waals surface area contributed by atoms with E-state index >= 15 is 0 Å². The lowest BCUT2D eigenvalue weighted by molar-refractivity contribution is -0.137. The number of carbonyl (C=O) groups excluding carboxylic acids is 2. The third kappa shape index (κ3) is 4.15. The van der Waals surface area contributed by atoms with Crippen molar-refractivity contribution in [1.29, 1.82) is 0 Å². The molecule has 4 rings (SSSR count). The van der Waals surface area contributed by atoms with Crippen LogP contribution in [-0.4, -0.2) is 33.3 Å². The van der Waals surface area contributed by atoms with Crippen molar-refractivity contribution in [1.82, 2.24) is 14.9 Å². The van der Waals surface area contributed by atoms with Gasteiger partial charge in [0, 0.05) is 18.3 Å². The summed E-state index contributed by atoms with van der Waals surface area (Å²) >= 11 is 0. The first kappa shape index (κ1) is 22.4. The molecule has 0 fully saturated rings. The largest absolute Gasteiger partial charge is 0.416 e. The summed E-state index contributed by atoms with van der Waals surface area (Å²) in [5.74, 6) is -0.609. The Morgan fingerprint density at radius 2 is 1.94 bits per heavy atom. The third-order valence-corrected chi connectivity index (χ3v) is 4.72. The Kier molecular flexibility index (Phi) is 5.85. The number of nitrogens with one attached hydrogen (secondary N) is 1. The number of nitrogens with zero attached hydrogens (tertiary/aromatic N) is 4. The van der Waals surface area contributed by atoms with E-state index in [1.165, 1.54) is 34.0 Å². The maximum atomic E-state index is 13.1. The molecule has 2 amide bonds. The zero-order chi connectivity index (χ0) is 21.6. The number of hydrogen-bond donors (Lipinski definition) is 1. The topological polar surface area (TPSA) is 93.3 Å². The summed E-state index contributed by atoms with van der Waals surface area (Å²) in [5, 5.41) is 10.4. The first-order valence-electron chi connectivity index (χ1n) is 8.96. The molecule has 1 aliphatic rings. The number of aromatic nitrogens is 3. The van der Waals surface area contributed by atoms with E-state index in [1.54, 1.807) is 6.92 Å². The first-order valence-corrected chi connectivity index (χ1v) is 8.96. The van der Waals surface area contributed by atoms with E-state index in [1.807, 2.05) is 6.92 Å². The number of benzene rings is 1. The minimum Gasteiger partial charge on any atom is -0.361 e. The summed E-state index contributed by atoms with van der Waals surface area (Å²) in [7, 11) is 0. The standard InChI is InChI=1S/C19H16F3N5O3.H2S/c1-10-9-26(13-5-3-12(4-6-13)19(20,21)22)18(29)16-15(8-23-27(10)16)24-17(28)14-7-11(2)30-25-14;/h3-8,10H,9H2,1-2H3,(H,24,28);1H2/t10-;/m0./s1. The summed E-state index contributed by atoms with van der Waals surface area (Å²) in [6.45, 7) is 3.67. The Bertz CT molecular complexity index is 1120. The molecule has 0 aliphatic carbocycles. The molecule has 0 bridgehead atoms. The van der Waals surface area contributed by atoms with Gasteiger partial charge >= 0.3 is 6.18 Å². The van der Waals surface area contributed by atoms with Crippen LogP contribution in [0.3, 0.4) is 0 Å². The monoisotopic (exact) mass is 453 g/mol.